The number of nitrogens with zero attached hydrogens (tertiary/aromatic N) is 3. The van der Waals surface area contributed by atoms with Gasteiger partial charge in [0, 0.05) is 46.6 Å². The van der Waals surface area contributed by atoms with E-state index >= 15 is 0 Å². The van der Waals surface area contributed by atoms with Crippen LogP contribution in [0.3, 0.4) is 0 Å². The van der Waals surface area contributed by atoms with Gasteiger partial charge < -0.3 is 18.4 Å². The summed E-state index contributed by atoms with van der Waals surface area (Å²) in [7, 11) is -1.34. The number of imidazole rings is 1. The Bertz CT molecular complexity index is 2960. The van der Waals surface area contributed by atoms with Crippen molar-refractivity contribution in [2.24, 2.45) is 0 Å². The van der Waals surface area contributed by atoms with Gasteiger partial charge in [-0.2, -0.15) is 0 Å². The zero-order valence-electron chi connectivity index (χ0n) is 32.3. The first kappa shape index (κ1) is 31.0. The molecule has 0 unspecified atom stereocenters. The first-order valence-electron chi connectivity index (χ1n) is 18.7. The molecule has 0 spiro atoms. The first-order valence-corrected chi connectivity index (χ1v) is 20.7. The number of hydrogen-bond donors (Lipinski definition) is 0. The van der Waals surface area contributed by atoms with Crippen molar-refractivity contribution < 1.29 is 33.1 Å². The van der Waals surface area contributed by atoms with Gasteiger partial charge in [0.1, 0.15) is 11.2 Å². The van der Waals surface area contributed by atoms with Crippen LogP contribution in [-0.4, -0.2) is 22.6 Å². The molecule has 4 aromatic heterocycles. The molecule has 0 atom stereocenters. The van der Waals surface area contributed by atoms with E-state index in [1.54, 1.807) is 12.1 Å². The average Bonchev–Trinajstić information content (AvgIpc) is 3.89. The molecule has 4 heterocycles. The maximum atomic E-state index is 7.35. The number of hydrogen-bond acceptors (Lipinski definition) is 4. The molecule has 0 aliphatic heterocycles. The zero-order chi connectivity index (χ0) is 37.9. The Hall–Kier alpha value is -5.59. The van der Waals surface area contributed by atoms with Gasteiger partial charge in [0.15, 0.2) is 5.58 Å². The average molecular weight is 885 g/mol. The van der Waals surface area contributed by atoms with Crippen LogP contribution >= 0.6 is 0 Å². The van der Waals surface area contributed by atoms with Gasteiger partial charge in [-0.15, -0.1) is 53.6 Å². The monoisotopic (exact) mass is 885 g/mol. The maximum absolute atomic E-state index is 7.35. The molecule has 0 fully saturated rings. The van der Waals surface area contributed by atoms with Crippen molar-refractivity contribution in [2.75, 3.05) is 0 Å². The Labute approximate surface area is 326 Å². The van der Waals surface area contributed by atoms with Gasteiger partial charge in [0.2, 0.25) is 0 Å². The Morgan fingerprint density at radius 3 is 2.08 bits per heavy atom. The molecule has 10 rings (SSSR count). The molecule has 6 aromatic carbocycles. The van der Waals surface area contributed by atoms with E-state index in [-0.39, 0.29) is 20.1 Å². The number of benzene rings is 6. The minimum absolute atomic E-state index is 0. The molecule has 0 saturated carbocycles. The number of pyridine rings is 1. The molecule has 5 nitrogen and oxygen atoms in total. The van der Waals surface area contributed by atoms with Crippen LogP contribution in [0, 0.1) is 19.0 Å². The number of furan rings is 2. The van der Waals surface area contributed by atoms with E-state index in [0.717, 1.165) is 83.2 Å². The second kappa shape index (κ2) is 13.8. The Balaban J connectivity index is 0.000000181. The molecule has 0 amide bonds. The smallest absolute Gasteiger partial charge is 0.158 e. The van der Waals surface area contributed by atoms with Crippen LogP contribution in [0.25, 0.3) is 83.2 Å². The standard InChI is InChI=1S/C31H17N2O2.C15H18NSi.Ir/c1-5-17-27-19(9-1)21-11-7-13-23(29(21)34-27)31-32-24-14-3-4-15-25(24)33(31)26-16-8-12-22-20-10-2-6-18-28(20)35-30(22)26;1-12-5-7-13(8-6-12)15-10-9-14(11-16-15)17(2,3)4;/h1-12,14-18H;5-7,9-11H,1-4H3;/q2*-1;/i;1D3;. The fourth-order valence-electron chi connectivity index (χ4n) is 6.78. The predicted molar refractivity (Wildman–Crippen MR) is 216 cm³/mol. The summed E-state index contributed by atoms with van der Waals surface area (Å²) < 4.78 is 37.0. The van der Waals surface area contributed by atoms with E-state index in [4.69, 9.17) is 17.9 Å². The van der Waals surface area contributed by atoms with Gasteiger partial charge >= 0.3 is 0 Å². The molecule has 53 heavy (non-hydrogen) atoms. The van der Waals surface area contributed by atoms with E-state index in [2.05, 4.69) is 89.9 Å². The molecule has 1 radical (unpaired) electrons. The van der Waals surface area contributed by atoms with E-state index in [1.807, 2.05) is 72.9 Å². The Morgan fingerprint density at radius 1 is 0.679 bits per heavy atom. The van der Waals surface area contributed by atoms with Crippen molar-refractivity contribution in [1.82, 2.24) is 14.5 Å². The van der Waals surface area contributed by atoms with Crippen molar-refractivity contribution >= 4 is 68.2 Å². The molecule has 0 bridgehead atoms. The van der Waals surface area contributed by atoms with Gasteiger partial charge in [-0.25, -0.2) is 0 Å². The van der Waals surface area contributed by atoms with E-state index in [1.165, 1.54) is 11.3 Å². The Morgan fingerprint density at radius 2 is 1.38 bits per heavy atom. The van der Waals surface area contributed by atoms with Gasteiger partial charge in [-0.3, -0.25) is 4.98 Å². The molecule has 261 valence electrons. The van der Waals surface area contributed by atoms with Crippen LogP contribution in [0.1, 0.15) is 9.68 Å². The number of rotatable bonds is 4. The number of para-hydroxylation sites is 5. The molecular weight excluding hydrogens is 847 g/mol. The summed E-state index contributed by atoms with van der Waals surface area (Å²) in [5, 5.41) is 5.61. The van der Waals surface area contributed by atoms with Crippen LogP contribution in [0.5, 0.6) is 0 Å². The third kappa shape index (κ3) is 6.21. The third-order valence-corrected chi connectivity index (χ3v) is 11.5. The Kier molecular flexibility index (Phi) is 8.04. The minimum atomic E-state index is -2.08. The summed E-state index contributed by atoms with van der Waals surface area (Å²) in [5.41, 5.74) is 8.93. The van der Waals surface area contributed by atoms with Crippen LogP contribution < -0.4 is 5.19 Å². The van der Waals surface area contributed by atoms with Crippen molar-refractivity contribution in [1.29, 1.82) is 0 Å². The van der Waals surface area contributed by atoms with E-state index in [0.29, 0.717) is 5.56 Å². The number of aryl methyl sites for hydroxylation is 1. The van der Waals surface area contributed by atoms with Crippen molar-refractivity contribution in [3.8, 4) is 28.3 Å². The van der Waals surface area contributed by atoms with Crippen molar-refractivity contribution in [2.45, 2.75) is 26.5 Å². The molecule has 7 heteroatoms. The third-order valence-electron chi connectivity index (χ3n) is 9.47. The normalized spacial score (nSPS) is 12.7. The topological polar surface area (TPSA) is 57.0 Å². The molecule has 0 saturated heterocycles. The summed E-state index contributed by atoms with van der Waals surface area (Å²) in [6, 6.07) is 50.1. The predicted octanol–water partition coefficient (Wildman–Crippen LogP) is 11.7. The minimum Gasteiger partial charge on any atom is -0.501 e. The summed E-state index contributed by atoms with van der Waals surface area (Å²) in [6.07, 6.45) is 1.92. The molecule has 0 aliphatic rings. The second-order valence-corrected chi connectivity index (χ2v) is 19.0. The molecule has 0 aliphatic carbocycles. The SMILES string of the molecule is [2H]C([2H])([2H])c1c[c-]c(-c2ccc([Si](C)(C)C)cn2)cc1.[Ir].[c-]1ccc2c(oc3ccccc32)c1-c1nc2ccccc2n1-c1cccc2c1oc1ccccc12. The first-order chi connectivity index (χ1) is 26.5. The summed E-state index contributed by atoms with van der Waals surface area (Å²) in [4.78, 5) is 9.54. The van der Waals surface area contributed by atoms with Crippen LogP contribution in [-0.2, 0) is 20.1 Å². The number of fused-ring (bicyclic) bond motifs is 7. The van der Waals surface area contributed by atoms with Gasteiger partial charge in [0.25, 0.3) is 0 Å². The largest absolute Gasteiger partial charge is 0.501 e. The zero-order valence-corrected chi connectivity index (χ0v) is 32.7. The molecule has 10 aromatic rings. The summed E-state index contributed by atoms with van der Waals surface area (Å²) in [6.45, 7) is 4.76. The second-order valence-electron chi connectivity index (χ2n) is 13.9. The summed E-state index contributed by atoms with van der Waals surface area (Å²) >= 11 is 0. The van der Waals surface area contributed by atoms with Gasteiger partial charge in [-0.1, -0.05) is 110 Å². The van der Waals surface area contributed by atoms with Gasteiger partial charge in [0.05, 0.1) is 36.2 Å². The van der Waals surface area contributed by atoms with Crippen LogP contribution in [0.4, 0.5) is 0 Å². The van der Waals surface area contributed by atoms with Gasteiger partial charge in [-0.05, 0) is 41.2 Å². The fraction of sp³-hybridized carbons (Fsp3) is 0.0870. The van der Waals surface area contributed by atoms with E-state index < -0.39 is 14.9 Å². The fourth-order valence-corrected chi connectivity index (χ4v) is 7.82. The van der Waals surface area contributed by atoms with Crippen LogP contribution in [0.15, 0.2) is 148 Å². The molecule has 0 N–H and O–H groups in total. The number of aromatic nitrogens is 3. The van der Waals surface area contributed by atoms with Crippen LogP contribution in [0.2, 0.25) is 19.6 Å². The van der Waals surface area contributed by atoms with Crippen molar-refractivity contribution in [3.63, 3.8) is 0 Å². The quantitative estimate of drug-likeness (QED) is 0.130. The summed E-state index contributed by atoms with van der Waals surface area (Å²) in [5.74, 6) is 0.767. The van der Waals surface area contributed by atoms with Crippen molar-refractivity contribution in [3.05, 3.63) is 157 Å². The van der Waals surface area contributed by atoms with E-state index in [9.17, 15) is 0 Å². The maximum Gasteiger partial charge on any atom is 0.158 e. The molecular formula is C46H35IrN3O2Si-2.